The van der Waals surface area contributed by atoms with E-state index in [4.69, 9.17) is 22.1 Å². The fraction of sp³-hybridized carbons (Fsp3) is 0.278. The lowest BCUT2D eigenvalue weighted by molar-refractivity contribution is -0.134. The first-order valence-corrected chi connectivity index (χ1v) is 7.84. The first-order valence-electron chi connectivity index (χ1n) is 7.46. The summed E-state index contributed by atoms with van der Waals surface area (Å²) in [5, 5.41) is 0.599. The molecule has 136 valence electrons. The minimum Gasteiger partial charge on any atom is -0.383 e. The molecule has 2 atom stereocenters. The van der Waals surface area contributed by atoms with Crippen LogP contribution in [0.3, 0.4) is 0 Å². The summed E-state index contributed by atoms with van der Waals surface area (Å²) in [7, 11) is 3.16. The fourth-order valence-electron chi connectivity index (χ4n) is 2.57. The van der Waals surface area contributed by atoms with E-state index in [-0.39, 0.29) is 30.7 Å². The molecule has 0 fully saturated rings. The van der Waals surface area contributed by atoms with Gasteiger partial charge in [-0.05, 0) is 35.4 Å². The first kappa shape index (κ1) is 21.4. The molecule has 0 saturated carbocycles. The average molecular weight is 387 g/mol. The molecule has 7 heteroatoms. The molecule has 0 heterocycles. The van der Waals surface area contributed by atoms with Gasteiger partial charge in [0.25, 0.3) is 0 Å². The Morgan fingerprint density at radius 2 is 1.64 bits per heavy atom. The summed E-state index contributed by atoms with van der Waals surface area (Å²) < 4.78 is 18.2. The highest BCUT2D eigenvalue weighted by molar-refractivity contribution is 6.30. The second-order valence-electron chi connectivity index (χ2n) is 5.52. The van der Waals surface area contributed by atoms with Crippen molar-refractivity contribution in [1.29, 1.82) is 0 Å². The predicted octanol–water partition coefficient (Wildman–Crippen LogP) is 3.42. The van der Waals surface area contributed by atoms with Crippen LogP contribution in [0.1, 0.15) is 17.2 Å². The van der Waals surface area contributed by atoms with Gasteiger partial charge in [0, 0.05) is 19.2 Å². The molecule has 4 nitrogen and oxygen atoms in total. The van der Waals surface area contributed by atoms with E-state index in [1.165, 1.54) is 19.2 Å². The van der Waals surface area contributed by atoms with Gasteiger partial charge < -0.3 is 15.4 Å². The number of rotatable bonds is 6. The van der Waals surface area contributed by atoms with E-state index >= 15 is 0 Å². The van der Waals surface area contributed by atoms with Crippen molar-refractivity contribution >= 4 is 29.9 Å². The zero-order chi connectivity index (χ0) is 17.7. The number of methoxy groups -OCH3 is 1. The van der Waals surface area contributed by atoms with E-state index in [0.29, 0.717) is 5.02 Å². The van der Waals surface area contributed by atoms with Gasteiger partial charge in [0.05, 0.1) is 12.6 Å². The van der Waals surface area contributed by atoms with Crippen LogP contribution in [-0.2, 0) is 9.53 Å². The number of likely N-dealkylation sites (N-methyl/N-ethyl adjacent to an activating group) is 1. The molecule has 2 unspecified atom stereocenters. The van der Waals surface area contributed by atoms with Crippen molar-refractivity contribution in [3.05, 3.63) is 70.5 Å². The van der Waals surface area contributed by atoms with E-state index in [2.05, 4.69) is 0 Å². The van der Waals surface area contributed by atoms with Crippen LogP contribution in [0.4, 0.5) is 4.39 Å². The molecule has 0 spiro atoms. The van der Waals surface area contributed by atoms with Gasteiger partial charge in [-0.3, -0.25) is 4.79 Å². The van der Waals surface area contributed by atoms with E-state index < -0.39 is 12.1 Å². The maximum atomic E-state index is 13.3. The summed E-state index contributed by atoms with van der Waals surface area (Å²) in [6.07, 6.45) is 0. The largest absolute Gasteiger partial charge is 0.383 e. The SMILES string of the molecule is COCC(N)C(=O)N(C)C(c1ccc(F)cc1)c1ccc(Cl)cc1.Cl. The number of nitrogens with zero attached hydrogens (tertiary/aromatic N) is 1. The molecule has 2 N–H and O–H groups in total. The Labute approximate surface area is 158 Å². The van der Waals surface area contributed by atoms with Gasteiger partial charge >= 0.3 is 0 Å². The molecule has 0 saturated heterocycles. The van der Waals surface area contributed by atoms with Gasteiger partial charge in [-0.25, -0.2) is 4.39 Å². The van der Waals surface area contributed by atoms with Crippen molar-refractivity contribution in [2.45, 2.75) is 12.1 Å². The number of benzene rings is 2. The zero-order valence-corrected chi connectivity index (χ0v) is 15.6. The third kappa shape index (κ3) is 5.41. The fourth-order valence-corrected chi connectivity index (χ4v) is 2.70. The van der Waals surface area contributed by atoms with Gasteiger partial charge in [0.2, 0.25) is 5.91 Å². The van der Waals surface area contributed by atoms with Gasteiger partial charge in [-0.2, -0.15) is 0 Å². The minimum atomic E-state index is -0.768. The van der Waals surface area contributed by atoms with Crippen LogP contribution in [0.2, 0.25) is 5.02 Å². The highest BCUT2D eigenvalue weighted by Crippen LogP contribution is 2.29. The van der Waals surface area contributed by atoms with Crippen LogP contribution in [0.25, 0.3) is 0 Å². The number of ether oxygens (including phenoxy) is 1. The van der Waals surface area contributed by atoms with Crippen LogP contribution in [0, 0.1) is 5.82 Å². The van der Waals surface area contributed by atoms with Crippen molar-refractivity contribution in [1.82, 2.24) is 4.90 Å². The second kappa shape index (κ2) is 9.73. The Morgan fingerprint density at radius 1 is 1.16 bits per heavy atom. The third-order valence-corrected chi connectivity index (χ3v) is 4.02. The number of nitrogens with two attached hydrogens (primary N) is 1. The molecule has 2 aromatic carbocycles. The molecule has 0 radical (unpaired) electrons. The molecule has 0 aliphatic heterocycles. The minimum absolute atomic E-state index is 0. The molecule has 2 aromatic rings. The van der Waals surface area contributed by atoms with Gasteiger partial charge in [-0.15, -0.1) is 12.4 Å². The number of carbonyl (C=O) groups excluding carboxylic acids is 1. The van der Waals surface area contributed by atoms with Crippen LogP contribution < -0.4 is 5.73 Å². The number of halogens is 3. The van der Waals surface area contributed by atoms with E-state index in [1.54, 1.807) is 36.2 Å². The Kier molecular flexibility index (Phi) is 8.32. The van der Waals surface area contributed by atoms with Crippen molar-refractivity contribution in [3.63, 3.8) is 0 Å². The zero-order valence-electron chi connectivity index (χ0n) is 14.0. The molecule has 0 aliphatic rings. The monoisotopic (exact) mass is 386 g/mol. The predicted molar refractivity (Wildman–Crippen MR) is 99.6 cm³/mol. The Morgan fingerprint density at radius 3 is 2.12 bits per heavy atom. The van der Waals surface area contributed by atoms with Crippen LogP contribution in [-0.4, -0.2) is 37.6 Å². The highest BCUT2D eigenvalue weighted by atomic mass is 35.5. The van der Waals surface area contributed by atoms with Gasteiger partial charge in [0.15, 0.2) is 0 Å². The Balaban J connectivity index is 0.00000312. The van der Waals surface area contributed by atoms with Crippen molar-refractivity contribution < 1.29 is 13.9 Å². The topological polar surface area (TPSA) is 55.6 Å². The summed E-state index contributed by atoms with van der Waals surface area (Å²) in [4.78, 5) is 14.1. The Hall–Kier alpha value is -1.66. The number of carbonyl (C=O) groups is 1. The lowest BCUT2D eigenvalue weighted by Crippen LogP contribution is -2.46. The lowest BCUT2D eigenvalue weighted by Gasteiger charge is -2.31. The van der Waals surface area contributed by atoms with E-state index in [0.717, 1.165) is 11.1 Å². The lowest BCUT2D eigenvalue weighted by atomic mass is 9.97. The molecule has 1 amide bonds. The quantitative estimate of drug-likeness (QED) is 0.827. The van der Waals surface area contributed by atoms with Crippen molar-refractivity contribution in [2.75, 3.05) is 20.8 Å². The number of amides is 1. The summed E-state index contributed by atoms with van der Waals surface area (Å²) in [6.45, 7) is 0.125. The molecular formula is C18H21Cl2FN2O2. The molecule has 0 aliphatic carbocycles. The normalized spacial score (nSPS) is 12.8. The number of hydrogen-bond donors (Lipinski definition) is 1. The highest BCUT2D eigenvalue weighted by Gasteiger charge is 2.27. The van der Waals surface area contributed by atoms with Crippen molar-refractivity contribution in [3.8, 4) is 0 Å². The summed E-state index contributed by atoms with van der Waals surface area (Å²) in [6, 6.07) is 12.0. The molecular weight excluding hydrogens is 366 g/mol. The van der Waals surface area contributed by atoms with Crippen molar-refractivity contribution in [2.24, 2.45) is 5.73 Å². The van der Waals surface area contributed by atoms with Gasteiger partial charge in [0.1, 0.15) is 11.9 Å². The summed E-state index contributed by atoms with van der Waals surface area (Å²) in [5.41, 5.74) is 7.50. The number of hydrogen-bond acceptors (Lipinski definition) is 3. The molecule has 0 bridgehead atoms. The first-order chi connectivity index (χ1) is 11.4. The van der Waals surface area contributed by atoms with Crippen LogP contribution >= 0.6 is 24.0 Å². The third-order valence-electron chi connectivity index (χ3n) is 3.77. The van der Waals surface area contributed by atoms with E-state index in [1.807, 2.05) is 12.1 Å². The summed E-state index contributed by atoms with van der Waals surface area (Å²) in [5.74, 6) is -0.597. The van der Waals surface area contributed by atoms with Crippen LogP contribution in [0.15, 0.2) is 48.5 Å². The maximum Gasteiger partial charge on any atom is 0.242 e. The maximum absolute atomic E-state index is 13.3. The molecule has 2 rings (SSSR count). The molecule has 0 aromatic heterocycles. The second-order valence-corrected chi connectivity index (χ2v) is 5.95. The standard InChI is InChI=1S/C18H20ClFN2O2.ClH/c1-22(18(23)16(21)11-24-2)17(12-3-7-14(19)8-4-12)13-5-9-15(20)10-6-13;/h3-10,16-17H,11,21H2,1-2H3;1H. The van der Waals surface area contributed by atoms with Gasteiger partial charge in [-0.1, -0.05) is 35.9 Å². The van der Waals surface area contributed by atoms with Crippen LogP contribution in [0.5, 0.6) is 0 Å². The average Bonchev–Trinajstić information content (AvgIpc) is 2.58. The smallest absolute Gasteiger partial charge is 0.242 e. The molecule has 25 heavy (non-hydrogen) atoms. The van der Waals surface area contributed by atoms with E-state index in [9.17, 15) is 9.18 Å². The summed E-state index contributed by atoms with van der Waals surface area (Å²) >= 11 is 5.95. The Bertz CT molecular complexity index is 635.